The fourth-order valence-electron chi connectivity index (χ4n) is 14.6. The molecule has 2 saturated heterocycles. The number of likely N-dealkylation sites (tertiary alicyclic amines) is 1. The Morgan fingerprint density at radius 1 is 0.500 bits per heavy atom. The number of rotatable bonds is 23. The summed E-state index contributed by atoms with van der Waals surface area (Å²) in [5.74, 6) is 0. The minimum absolute atomic E-state index is 0.0200. The first-order valence-electron chi connectivity index (χ1n) is 38.1. The fraction of sp³-hybridized carbons (Fsp3) is 0.365. The molecule has 3 aliphatic heterocycles. The molecule has 8 aromatic carbocycles. The maximum Gasteiger partial charge on any atom is 0.416 e. The largest absolute Gasteiger partial charge is 0.445 e. The summed E-state index contributed by atoms with van der Waals surface area (Å²) in [6, 6.07) is 45.7. The van der Waals surface area contributed by atoms with Crippen molar-refractivity contribution in [2.24, 2.45) is 0 Å². The molecule has 1 unspecified atom stereocenters. The van der Waals surface area contributed by atoms with E-state index in [4.69, 9.17) is 23.7 Å². The van der Waals surface area contributed by atoms with Crippen molar-refractivity contribution in [3.8, 4) is 0 Å². The number of H-pyrrole nitrogens is 1. The highest BCUT2D eigenvalue weighted by molar-refractivity contribution is 5.71. The van der Waals surface area contributed by atoms with Gasteiger partial charge in [-0.3, -0.25) is 34.6 Å². The van der Waals surface area contributed by atoms with Gasteiger partial charge in [0.2, 0.25) is 6.04 Å². The number of aliphatic hydroxyl groups is 1. The summed E-state index contributed by atoms with van der Waals surface area (Å²) < 4.78 is 272. The molecule has 0 bridgehead atoms. The van der Waals surface area contributed by atoms with Crippen LogP contribution < -0.4 is 11.0 Å². The van der Waals surface area contributed by atoms with Gasteiger partial charge in [-0.1, -0.05) is 152 Å². The van der Waals surface area contributed by atoms with Gasteiger partial charge in [-0.05, 0) is 146 Å². The number of halogens is 18. The molecule has 3 N–H and O–H groups in total. The Bertz CT molecular complexity index is 5110. The van der Waals surface area contributed by atoms with Gasteiger partial charge in [0.15, 0.2) is 0 Å². The average molecular weight is 1760 g/mol. The number of allylic oxidation sites excluding steroid dienone is 1. The summed E-state index contributed by atoms with van der Waals surface area (Å²) in [6.45, 7) is 2.16. The Kier molecular flexibility index (Phi) is 29.4. The van der Waals surface area contributed by atoms with Crippen LogP contribution in [0.3, 0.4) is 0 Å². The average Bonchev–Trinajstić information content (AvgIpc) is 0.826. The second-order valence-corrected chi connectivity index (χ2v) is 29.8. The van der Waals surface area contributed by atoms with Gasteiger partial charge in [0.05, 0.1) is 118 Å². The predicted molar refractivity (Wildman–Crippen MR) is 408 cm³/mol. The standard InChI is InChI=1S/C30H28F6N2O5.C30H26F6N2O5.C25H26F6N4O3/c2*1-20(22-14-24(29(31,32)33)16-25(15-22)30(34,35)36)43-19-28(23-10-6-3-7-11-23)13-12-26(38(40)41)17-37(28)27(39)42-18-21-8-4-2-5-9-21;1-16(17-9-19(24(26,27)28)11-20(10-17)25(29,30)31)38-14-23(18-5-3-2-4-6-18)8-7-22(13-36,12-32-23)35-15-33-34-21(35)37/h2-11,14-16,20,26H,12-13,17-19H2,1H3;2-11,14-17,20H,12-13,18-19H2,1H3;2-6,9-11,15-16,32,36H,7-8,12-14H2,1H3,(H,34,37)/t20-,26?,28-;20-,28-;16-,22+,23-/m111/s1. The number of hydrogen-bond donors (Lipinski definition) is 3. The third kappa shape index (κ3) is 23.0. The molecule has 2 amide bonds. The number of hydrogen-bond acceptors (Lipinski definition) is 15. The van der Waals surface area contributed by atoms with E-state index in [2.05, 4.69) is 15.5 Å². The molecule has 3 aliphatic rings. The highest BCUT2D eigenvalue weighted by atomic mass is 19.4. The Morgan fingerprint density at radius 2 is 0.871 bits per heavy atom. The van der Waals surface area contributed by atoms with Crippen LogP contribution in [0.4, 0.5) is 88.6 Å². The van der Waals surface area contributed by atoms with Crippen molar-refractivity contribution >= 4 is 12.2 Å². The number of aromatic nitrogens is 3. The van der Waals surface area contributed by atoms with Crippen LogP contribution in [0.25, 0.3) is 0 Å². The Hall–Kier alpha value is -11.7. The molecule has 12 rings (SSSR count). The van der Waals surface area contributed by atoms with Gasteiger partial charge in [-0.2, -0.15) is 84.1 Å². The highest BCUT2D eigenvalue weighted by Crippen LogP contribution is 2.48. The van der Waals surface area contributed by atoms with Gasteiger partial charge >= 0.3 is 54.9 Å². The molecule has 2 fully saturated rings. The number of aromatic amines is 1. The van der Waals surface area contributed by atoms with E-state index in [-0.39, 0.29) is 112 Å². The van der Waals surface area contributed by atoms with Crippen molar-refractivity contribution in [1.29, 1.82) is 0 Å². The third-order valence-corrected chi connectivity index (χ3v) is 21.7. The molecule has 0 saturated carbocycles. The number of aliphatic hydroxyl groups excluding tert-OH is 1. The van der Waals surface area contributed by atoms with Crippen molar-refractivity contribution in [2.45, 2.75) is 156 Å². The third-order valence-electron chi connectivity index (χ3n) is 21.7. The van der Waals surface area contributed by atoms with Gasteiger partial charge in [0, 0.05) is 24.3 Å². The Balaban J connectivity index is 0.000000195. The molecule has 39 heteroatoms. The van der Waals surface area contributed by atoms with Crippen molar-refractivity contribution in [3.63, 3.8) is 0 Å². The highest BCUT2D eigenvalue weighted by Gasteiger charge is 2.53. The number of nitrogens with one attached hydrogen (secondary N) is 2. The summed E-state index contributed by atoms with van der Waals surface area (Å²) in [4.78, 5) is 63.7. The molecular weight excluding hydrogens is 1680 g/mol. The van der Waals surface area contributed by atoms with Crippen LogP contribution in [0.15, 0.2) is 229 Å². The van der Waals surface area contributed by atoms with E-state index in [1.807, 2.05) is 12.1 Å². The Morgan fingerprint density at radius 3 is 1.23 bits per heavy atom. The molecular formula is C85H80F18N8O13. The maximum absolute atomic E-state index is 13.5. The van der Waals surface area contributed by atoms with Crippen molar-refractivity contribution in [2.75, 3.05) is 39.5 Å². The van der Waals surface area contributed by atoms with Crippen LogP contribution >= 0.6 is 0 Å². The topological polar surface area (TPSA) is 256 Å². The van der Waals surface area contributed by atoms with Gasteiger partial charge in [0.1, 0.15) is 19.5 Å². The number of nitro groups is 2. The minimum Gasteiger partial charge on any atom is -0.445 e. The summed E-state index contributed by atoms with van der Waals surface area (Å²) in [5, 5.41) is 42.9. The molecule has 4 heterocycles. The molecule has 124 heavy (non-hydrogen) atoms. The van der Waals surface area contributed by atoms with Gasteiger partial charge in [-0.25, -0.2) is 19.5 Å². The second-order valence-electron chi connectivity index (χ2n) is 29.8. The van der Waals surface area contributed by atoms with Crippen LogP contribution in [-0.4, -0.2) is 97.3 Å². The number of nitrogens with zero attached hydrogens (tertiary/aromatic N) is 6. The minimum atomic E-state index is -5.05. The lowest BCUT2D eigenvalue weighted by atomic mass is 9.76. The van der Waals surface area contributed by atoms with E-state index >= 15 is 0 Å². The molecule has 664 valence electrons. The Labute approximate surface area is 695 Å². The molecule has 9 aromatic rings. The van der Waals surface area contributed by atoms with E-state index in [9.17, 15) is 119 Å². The zero-order valence-electron chi connectivity index (χ0n) is 65.8. The van der Waals surface area contributed by atoms with Crippen LogP contribution in [0.2, 0.25) is 0 Å². The lowest BCUT2D eigenvalue weighted by molar-refractivity contribution is -0.528. The summed E-state index contributed by atoms with van der Waals surface area (Å²) >= 11 is 0. The normalized spacial score (nSPS) is 20.4. The smallest absolute Gasteiger partial charge is 0.416 e. The zero-order valence-corrected chi connectivity index (χ0v) is 65.8. The first kappa shape index (κ1) is 94.6. The van der Waals surface area contributed by atoms with Crippen LogP contribution in [-0.2, 0) is 96.1 Å². The quantitative estimate of drug-likeness (QED) is 0.0306. The van der Waals surface area contributed by atoms with Gasteiger partial charge in [0.25, 0.3) is 5.70 Å². The van der Waals surface area contributed by atoms with Crippen LogP contribution in [0.5, 0.6) is 0 Å². The maximum atomic E-state index is 13.5. The number of carbonyl (C=O) groups is 2. The summed E-state index contributed by atoms with van der Waals surface area (Å²) in [6.07, 6.45) is -32.8. The number of carbonyl (C=O) groups excluding carboxylic acids is 2. The second kappa shape index (κ2) is 38.6. The van der Waals surface area contributed by atoms with E-state index in [0.717, 1.165) is 16.7 Å². The summed E-state index contributed by atoms with van der Waals surface area (Å²) in [7, 11) is 0. The number of benzene rings is 8. The molecule has 21 nitrogen and oxygen atoms in total. The first-order valence-corrected chi connectivity index (χ1v) is 38.1. The van der Waals surface area contributed by atoms with Crippen molar-refractivity contribution < 1.29 is 127 Å². The number of amides is 2. The molecule has 0 aliphatic carbocycles. The van der Waals surface area contributed by atoms with Crippen molar-refractivity contribution in [3.05, 3.63) is 333 Å². The zero-order chi connectivity index (χ0) is 90.6. The fourth-order valence-corrected chi connectivity index (χ4v) is 14.6. The molecule has 8 atom stereocenters. The SMILES string of the molecule is C[C@@H](OC[C@@]1(c2ccccc2)CCC([N+](=O)[O-])=CN1C(=O)OCc1ccccc1)c1cc(C(F)(F)F)cc(C(F)(F)F)c1.C[C@@H](OC[C@@]1(c2ccccc2)CCC([N+](=O)[O-])CN1C(=O)OCc1ccccc1)c1cc(C(F)(F)F)cc(C(F)(F)F)c1.C[C@@H](OC[C@@]1(c2ccccc2)CC[C@](CO)(n2cn[nH]c2=O)CN1)c1cc(C(F)(F)F)cc(C(F)(F)F)c1. The monoisotopic (exact) mass is 1760 g/mol. The van der Waals surface area contributed by atoms with Gasteiger partial charge < -0.3 is 34.1 Å². The van der Waals surface area contributed by atoms with Crippen LogP contribution in [0, 0.1) is 20.2 Å². The summed E-state index contributed by atoms with van der Waals surface area (Å²) in [5.41, 5.74) is -12.2. The lowest BCUT2D eigenvalue weighted by Crippen LogP contribution is -2.61. The lowest BCUT2D eigenvalue weighted by Gasteiger charge is -2.47. The molecule has 1 aromatic heterocycles. The van der Waals surface area contributed by atoms with Crippen LogP contribution in [0.1, 0.15) is 155 Å². The number of ether oxygens (including phenoxy) is 5. The predicted octanol–water partition coefficient (Wildman–Crippen LogP) is 20.4. The van der Waals surface area contributed by atoms with Crippen molar-refractivity contribution in [1.82, 2.24) is 29.9 Å². The number of alkyl halides is 18. The van der Waals surface area contributed by atoms with E-state index in [1.165, 1.54) is 36.6 Å². The molecule has 0 spiro atoms. The van der Waals surface area contributed by atoms with E-state index in [1.54, 1.807) is 140 Å². The number of piperidine rings is 2. The van der Waals surface area contributed by atoms with Gasteiger partial charge in [-0.15, -0.1) is 0 Å². The van der Waals surface area contributed by atoms with E-state index in [0.29, 0.717) is 71.5 Å². The first-order chi connectivity index (χ1) is 58.2. The van der Waals surface area contributed by atoms with E-state index < -0.39 is 151 Å². The molecule has 0 radical (unpaired) electrons.